The minimum Gasteiger partial charge on any atom is -0.267 e. The molecule has 6 nitrogen and oxygen atoms in total. The molecule has 0 aliphatic carbocycles. The molecule has 0 radical (unpaired) electrons. The molecule has 0 bridgehead atoms. The van der Waals surface area contributed by atoms with Crippen molar-refractivity contribution in [3.05, 3.63) is 54.3 Å². The van der Waals surface area contributed by atoms with E-state index in [1.807, 2.05) is 0 Å². The van der Waals surface area contributed by atoms with Crippen molar-refractivity contribution in [2.45, 2.75) is 16.7 Å². The zero-order valence-corrected chi connectivity index (χ0v) is 13.8. The Kier molecular flexibility index (Phi) is 4.73. The van der Waals surface area contributed by atoms with Gasteiger partial charge in [-0.3, -0.25) is 4.31 Å². The molecule has 0 atom stereocenters. The van der Waals surface area contributed by atoms with E-state index in [0.29, 0.717) is 5.69 Å². The van der Waals surface area contributed by atoms with Crippen LogP contribution in [0.25, 0.3) is 0 Å². The zero-order chi connectivity index (χ0) is 17.3. The van der Waals surface area contributed by atoms with Gasteiger partial charge in [0.05, 0.1) is 15.5 Å². The summed E-state index contributed by atoms with van der Waals surface area (Å²) in [6.07, 6.45) is 0. The predicted octanol–water partition coefficient (Wildman–Crippen LogP) is 1.69. The van der Waals surface area contributed by atoms with Crippen molar-refractivity contribution < 1.29 is 21.2 Å². The van der Waals surface area contributed by atoms with Crippen molar-refractivity contribution >= 4 is 25.7 Å². The van der Waals surface area contributed by atoms with Gasteiger partial charge in [-0.25, -0.2) is 26.4 Å². The molecule has 2 aromatic carbocycles. The molecule has 124 valence electrons. The summed E-state index contributed by atoms with van der Waals surface area (Å²) in [5.41, 5.74) is 0.310. The minimum absolute atomic E-state index is 0.0870. The van der Waals surface area contributed by atoms with Crippen LogP contribution >= 0.6 is 0 Å². The van der Waals surface area contributed by atoms with Crippen molar-refractivity contribution in [2.75, 3.05) is 10.8 Å². The van der Waals surface area contributed by atoms with Gasteiger partial charge in [-0.15, -0.1) is 0 Å². The molecule has 23 heavy (non-hydrogen) atoms. The lowest BCUT2D eigenvalue weighted by Gasteiger charge is -2.23. The molecule has 0 saturated heterocycles. The van der Waals surface area contributed by atoms with Crippen molar-refractivity contribution in [1.82, 2.24) is 0 Å². The lowest BCUT2D eigenvalue weighted by Crippen LogP contribution is -2.30. The maximum absolute atomic E-state index is 13.0. The first kappa shape index (κ1) is 17.4. The fourth-order valence-corrected chi connectivity index (χ4v) is 4.02. The molecule has 0 aromatic heterocycles. The summed E-state index contributed by atoms with van der Waals surface area (Å²) in [5.74, 6) is -0.472. The molecule has 0 heterocycles. The van der Waals surface area contributed by atoms with E-state index >= 15 is 0 Å². The van der Waals surface area contributed by atoms with Gasteiger partial charge in [0, 0.05) is 6.54 Å². The van der Waals surface area contributed by atoms with E-state index in [4.69, 9.17) is 5.14 Å². The maximum Gasteiger partial charge on any atom is 0.264 e. The van der Waals surface area contributed by atoms with E-state index in [9.17, 15) is 21.2 Å². The monoisotopic (exact) mass is 358 g/mol. The molecule has 0 fully saturated rings. The summed E-state index contributed by atoms with van der Waals surface area (Å²) >= 11 is 0. The van der Waals surface area contributed by atoms with Gasteiger partial charge in [0.15, 0.2) is 0 Å². The molecule has 9 heteroatoms. The number of hydrogen-bond acceptors (Lipinski definition) is 4. The smallest absolute Gasteiger partial charge is 0.264 e. The molecule has 0 aliphatic rings. The Morgan fingerprint density at radius 3 is 1.83 bits per heavy atom. The molecule has 0 unspecified atom stereocenters. The third-order valence-corrected chi connectivity index (χ3v) is 5.99. The summed E-state index contributed by atoms with van der Waals surface area (Å²) in [4.78, 5) is -0.266. The van der Waals surface area contributed by atoms with Gasteiger partial charge in [0.1, 0.15) is 5.82 Å². The van der Waals surface area contributed by atoms with E-state index in [2.05, 4.69) is 0 Å². The van der Waals surface area contributed by atoms with Gasteiger partial charge in [-0.1, -0.05) is 0 Å². The van der Waals surface area contributed by atoms with Crippen LogP contribution in [0.2, 0.25) is 0 Å². The Hall–Kier alpha value is -1.97. The van der Waals surface area contributed by atoms with Crippen molar-refractivity contribution in [3.63, 3.8) is 0 Å². The zero-order valence-electron chi connectivity index (χ0n) is 12.2. The molecule has 0 spiro atoms. The van der Waals surface area contributed by atoms with Crippen LogP contribution in [0.15, 0.2) is 58.3 Å². The largest absolute Gasteiger partial charge is 0.267 e. The fraction of sp³-hybridized carbons (Fsp3) is 0.143. The summed E-state index contributed by atoms with van der Waals surface area (Å²) in [5, 5.41) is 4.98. The van der Waals surface area contributed by atoms with Crippen molar-refractivity contribution in [1.29, 1.82) is 0 Å². The highest BCUT2D eigenvalue weighted by Crippen LogP contribution is 2.24. The van der Waals surface area contributed by atoms with Crippen molar-refractivity contribution in [3.8, 4) is 0 Å². The number of nitrogens with two attached hydrogens (primary N) is 1. The highest BCUT2D eigenvalue weighted by molar-refractivity contribution is 7.92. The second kappa shape index (κ2) is 6.26. The predicted molar refractivity (Wildman–Crippen MR) is 84.4 cm³/mol. The Balaban J connectivity index is 2.45. The quantitative estimate of drug-likeness (QED) is 0.879. The minimum atomic E-state index is -3.90. The number of rotatable bonds is 5. The van der Waals surface area contributed by atoms with E-state index in [0.717, 1.165) is 28.6 Å². The molecular weight excluding hydrogens is 343 g/mol. The first-order chi connectivity index (χ1) is 10.7. The molecular formula is C14H15FN2O4S2. The fourth-order valence-electron chi connectivity index (χ4n) is 2.03. The number of nitrogens with zero attached hydrogens (tertiary/aromatic N) is 1. The SMILES string of the molecule is CCN(c1ccc(F)cc1)S(=O)(=O)c1ccc(S(N)(=O)=O)cc1. The summed E-state index contributed by atoms with van der Waals surface area (Å²) in [6.45, 7) is 1.77. The Labute approximate surface area is 134 Å². The highest BCUT2D eigenvalue weighted by atomic mass is 32.2. The molecule has 2 N–H and O–H groups in total. The van der Waals surface area contributed by atoms with Crippen molar-refractivity contribution in [2.24, 2.45) is 5.14 Å². The van der Waals surface area contributed by atoms with Gasteiger partial charge in [-0.2, -0.15) is 0 Å². The number of primary sulfonamides is 1. The number of sulfonamides is 2. The van der Waals surface area contributed by atoms with Crippen LogP contribution in [0, 0.1) is 5.82 Å². The first-order valence-electron chi connectivity index (χ1n) is 6.57. The van der Waals surface area contributed by atoms with Gasteiger partial charge >= 0.3 is 0 Å². The molecule has 0 amide bonds. The standard InChI is InChI=1S/C14H15FN2O4S2/c1-2-17(12-5-3-11(15)4-6-12)23(20,21)14-9-7-13(8-10-14)22(16,18)19/h3-10H,2H2,1H3,(H2,16,18,19). The summed E-state index contributed by atoms with van der Waals surface area (Å²) < 4.78 is 61.9. The lowest BCUT2D eigenvalue weighted by molar-refractivity contribution is 0.589. The molecule has 0 saturated carbocycles. The molecule has 0 aliphatic heterocycles. The third-order valence-electron chi connectivity index (χ3n) is 3.14. The van der Waals surface area contributed by atoms with Crippen LogP contribution in [-0.2, 0) is 20.0 Å². The van der Waals surface area contributed by atoms with Crippen LogP contribution in [0.3, 0.4) is 0 Å². The average Bonchev–Trinajstić information content (AvgIpc) is 2.49. The van der Waals surface area contributed by atoms with Crippen LogP contribution in [-0.4, -0.2) is 23.4 Å². The second-order valence-corrected chi connectivity index (χ2v) is 8.09. The van der Waals surface area contributed by atoms with E-state index in [1.165, 1.54) is 24.3 Å². The maximum atomic E-state index is 13.0. The second-order valence-electron chi connectivity index (χ2n) is 4.66. The number of hydrogen-bond donors (Lipinski definition) is 1. The van der Waals surface area contributed by atoms with Gasteiger partial charge in [-0.05, 0) is 55.5 Å². The van der Waals surface area contributed by atoms with Gasteiger partial charge in [0.25, 0.3) is 10.0 Å². The molecule has 2 rings (SSSR count). The highest BCUT2D eigenvalue weighted by Gasteiger charge is 2.24. The average molecular weight is 358 g/mol. The van der Waals surface area contributed by atoms with Crippen LogP contribution in [0.4, 0.5) is 10.1 Å². The van der Waals surface area contributed by atoms with Crippen LogP contribution in [0.5, 0.6) is 0 Å². The summed E-state index contributed by atoms with van der Waals surface area (Å²) in [6, 6.07) is 9.63. The third kappa shape index (κ3) is 3.69. The van der Waals surface area contributed by atoms with Crippen LogP contribution in [0.1, 0.15) is 6.92 Å². The Morgan fingerprint density at radius 2 is 1.39 bits per heavy atom. The summed E-state index contributed by atoms with van der Waals surface area (Å²) in [7, 11) is -7.80. The Morgan fingerprint density at radius 1 is 0.913 bits per heavy atom. The van der Waals surface area contributed by atoms with E-state index in [1.54, 1.807) is 6.92 Å². The molecule has 2 aromatic rings. The van der Waals surface area contributed by atoms with E-state index < -0.39 is 25.9 Å². The Bertz CT molecular complexity index is 893. The number of benzene rings is 2. The van der Waals surface area contributed by atoms with Gasteiger partial charge in [0.2, 0.25) is 10.0 Å². The number of anilines is 1. The first-order valence-corrected chi connectivity index (χ1v) is 9.56. The topological polar surface area (TPSA) is 97.5 Å². The van der Waals surface area contributed by atoms with Crippen LogP contribution < -0.4 is 9.44 Å². The van der Waals surface area contributed by atoms with Gasteiger partial charge < -0.3 is 0 Å². The number of halogens is 1. The normalized spacial score (nSPS) is 12.1. The van der Waals surface area contributed by atoms with E-state index in [-0.39, 0.29) is 16.3 Å². The lowest BCUT2D eigenvalue weighted by atomic mass is 10.3.